The van der Waals surface area contributed by atoms with Crippen LogP contribution in [0, 0.1) is 11.3 Å². The van der Waals surface area contributed by atoms with E-state index < -0.39 is 5.91 Å². The summed E-state index contributed by atoms with van der Waals surface area (Å²) in [4.78, 5) is 12.6. The van der Waals surface area contributed by atoms with Gasteiger partial charge in [-0.2, -0.15) is 5.26 Å². The highest BCUT2D eigenvalue weighted by Gasteiger charge is 2.13. The van der Waals surface area contributed by atoms with E-state index in [2.05, 4.69) is 5.32 Å². The zero-order valence-electron chi connectivity index (χ0n) is 14.3. The minimum atomic E-state index is -0.517. The maximum absolute atomic E-state index is 12.6. The first kappa shape index (κ1) is 18.8. The number of benzene rings is 3. The molecule has 0 atom stereocenters. The summed E-state index contributed by atoms with van der Waals surface area (Å²) in [7, 11) is 1.46. The van der Waals surface area contributed by atoms with Crippen LogP contribution >= 0.6 is 23.2 Å². The van der Waals surface area contributed by atoms with Crippen molar-refractivity contribution in [3.8, 4) is 11.8 Å². The molecule has 0 heterocycles. The first-order chi connectivity index (χ1) is 13.0. The number of hydrogen-bond donors (Lipinski definition) is 1. The van der Waals surface area contributed by atoms with Crippen molar-refractivity contribution in [3.63, 3.8) is 0 Å². The van der Waals surface area contributed by atoms with Crippen LogP contribution in [0.15, 0.2) is 60.2 Å². The second-order valence-corrected chi connectivity index (χ2v) is 6.48. The molecule has 0 aliphatic carbocycles. The van der Waals surface area contributed by atoms with Gasteiger partial charge >= 0.3 is 0 Å². The number of hydrogen-bond acceptors (Lipinski definition) is 3. The van der Waals surface area contributed by atoms with Crippen molar-refractivity contribution in [2.24, 2.45) is 0 Å². The van der Waals surface area contributed by atoms with Gasteiger partial charge in [-0.1, -0.05) is 59.6 Å². The summed E-state index contributed by atoms with van der Waals surface area (Å²) in [6.45, 7) is 0. The molecule has 0 radical (unpaired) electrons. The molecule has 0 fully saturated rings. The van der Waals surface area contributed by atoms with Crippen molar-refractivity contribution in [1.29, 1.82) is 5.26 Å². The molecule has 6 heteroatoms. The van der Waals surface area contributed by atoms with Crippen LogP contribution in [0.5, 0.6) is 5.75 Å². The average Bonchev–Trinajstić information content (AvgIpc) is 2.66. The Morgan fingerprint density at radius 3 is 2.44 bits per heavy atom. The highest BCUT2D eigenvalue weighted by Crippen LogP contribution is 2.34. The Bertz CT molecular complexity index is 1070. The number of ether oxygens (including phenoxy) is 1. The van der Waals surface area contributed by atoms with E-state index in [1.165, 1.54) is 13.2 Å². The molecule has 27 heavy (non-hydrogen) atoms. The zero-order valence-corrected chi connectivity index (χ0v) is 15.8. The van der Waals surface area contributed by atoms with Crippen molar-refractivity contribution < 1.29 is 9.53 Å². The van der Waals surface area contributed by atoms with Crippen molar-refractivity contribution in [1.82, 2.24) is 0 Å². The zero-order chi connectivity index (χ0) is 19.4. The van der Waals surface area contributed by atoms with Gasteiger partial charge in [0, 0.05) is 11.1 Å². The second kappa shape index (κ2) is 8.13. The van der Waals surface area contributed by atoms with Crippen LogP contribution < -0.4 is 10.1 Å². The van der Waals surface area contributed by atoms with Crippen LogP contribution in [0.4, 0.5) is 5.69 Å². The maximum Gasteiger partial charge on any atom is 0.266 e. The molecule has 3 rings (SSSR count). The third kappa shape index (κ3) is 4.06. The summed E-state index contributed by atoms with van der Waals surface area (Å²) >= 11 is 12.2. The van der Waals surface area contributed by atoms with Gasteiger partial charge in [0.25, 0.3) is 5.91 Å². The third-order valence-corrected chi connectivity index (χ3v) is 4.50. The molecule has 3 aromatic rings. The normalized spacial score (nSPS) is 11.1. The van der Waals surface area contributed by atoms with E-state index in [4.69, 9.17) is 27.9 Å². The molecule has 0 aliphatic rings. The van der Waals surface area contributed by atoms with E-state index in [0.717, 1.165) is 10.8 Å². The third-order valence-electron chi connectivity index (χ3n) is 3.94. The molecule has 1 amide bonds. The van der Waals surface area contributed by atoms with Gasteiger partial charge in [0.15, 0.2) is 5.75 Å². The SMILES string of the molecule is COc1c(Cl)cc(/C=C(\C#N)C(=O)Nc2cccc3ccccc23)cc1Cl. The monoisotopic (exact) mass is 396 g/mol. The summed E-state index contributed by atoms with van der Waals surface area (Å²) < 4.78 is 5.10. The quantitative estimate of drug-likeness (QED) is 0.454. The standard InChI is InChI=1S/C21H14Cl2N2O2/c1-27-20-17(22)10-13(11-18(20)23)9-15(12-24)21(26)25-19-8-4-6-14-5-2-3-7-16(14)19/h2-11H,1H3,(H,25,26)/b15-9+. The lowest BCUT2D eigenvalue weighted by molar-refractivity contribution is -0.112. The Morgan fingerprint density at radius 1 is 1.11 bits per heavy atom. The number of carbonyl (C=O) groups excluding carboxylic acids is 1. The number of rotatable bonds is 4. The number of amides is 1. The molecular formula is C21H14Cl2N2O2. The predicted molar refractivity (Wildman–Crippen MR) is 109 cm³/mol. The molecule has 0 saturated heterocycles. The number of methoxy groups -OCH3 is 1. The fourth-order valence-corrected chi connectivity index (χ4v) is 3.36. The fourth-order valence-electron chi connectivity index (χ4n) is 2.70. The van der Waals surface area contributed by atoms with Gasteiger partial charge in [0.1, 0.15) is 11.6 Å². The molecular weight excluding hydrogens is 383 g/mol. The number of nitrogens with zero attached hydrogens (tertiary/aromatic N) is 1. The average molecular weight is 397 g/mol. The molecule has 4 nitrogen and oxygen atoms in total. The number of carbonyl (C=O) groups is 1. The van der Waals surface area contributed by atoms with Gasteiger partial charge in [-0.25, -0.2) is 0 Å². The summed E-state index contributed by atoms with van der Waals surface area (Å²) in [5, 5.41) is 14.7. The molecule has 3 aromatic carbocycles. The predicted octanol–water partition coefficient (Wildman–Crippen LogP) is 5.70. The van der Waals surface area contributed by atoms with Crippen molar-refractivity contribution >= 4 is 51.6 Å². The van der Waals surface area contributed by atoms with Crippen LogP contribution in [-0.4, -0.2) is 13.0 Å². The highest BCUT2D eigenvalue weighted by molar-refractivity contribution is 6.37. The lowest BCUT2D eigenvalue weighted by Crippen LogP contribution is -2.13. The van der Waals surface area contributed by atoms with Gasteiger partial charge in [0.2, 0.25) is 0 Å². The van der Waals surface area contributed by atoms with Crippen LogP contribution in [-0.2, 0) is 4.79 Å². The number of halogens is 2. The molecule has 0 aliphatic heterocycles. The number of fused-ring (bicyclic) bond motifs is 1. The minimum Gasteiger partial charge on any atom is -0.494 e. The first-order valence-electron chi connectivity index (χ1n) is 7.97. The Labute approximate surface area is 166 Å². The van der Waals surface area contributed by atoms with Crippen molar-refractivity contribution in [2.75, 3.05) is 12.4 Å². The van der Waals surface area contributed by atoms with E-state index in [1.54, 1.807) is 18.2 Å². The van der Waals surface area contributed by atoms with Crippen LogP contribution in [0.3, 0.4) is 0 Å². The first-order valence-corrected chi connectivity index (χ1v) is 8.73. The van der Waals surface area contributed by atoms with E-state index in [1.807, 2.05) is 42.5 Å². The Hall–Kier alpha value is -3.00. The maximum atomic E-state index is 12.6. The van der Waals surface area contributed by atoms with Gasteiger partial charge in [0.05, 0.1) is 17.2 Å². The highest BCUT2D eigenvalue weighted by atomic mass is 35.5. The van der Waals surface area contributed by atoms with Gasteiger partial charge in [-0.15, -0.1) is 0 Å². The van der Waals surface area contributed by atoms with Gasteiger partial charge in [-0.05, 0) is 35.2 Å². The lowest BCUT2D eigenvalue weighted by Gasteiger charge is -2.09. The molecule has 0 saturated carbocycles. The summed E-state index contributed by atoms with van der Waals surface area (Å²) in [5.74, 6) is -0.175. The molecule has 0 unspecified atom stereocenters. The van der Waals surface area contributed by atoms with Crippen molar-refractivity contribution in [3.05, 3.63) is 75.8 Å². The van der Waals surface area contributed by atoms with Gasteiger partial charge in [-0.3, -0.25) is 4.79 Å². The Morgan fingerprint density at radius 2 is 1.78 bits per heavy atom. The lowest BCUT2D eigenvalue weighted by atomic mass is 10.1. The van der Waals surface area contributed by atoms with Crippen molar-refractivity contribution in [2.45, 2.75) is 0 Å². The number of nitriles is 1. The summed E-state index contributed by atoms with van der Waals surface area (Å²) in [6.07, 6.45) is 1.43. The van der Waals surface area contributed by atoms with Crippen LogP contribution in [0.2, 0.25) is 10.0 Å². The topological polar surface area (TPSA) is 62.1 Å². The van der Waals surface area contributed by atoms with E-state index in [-0.39, 0.29) is 5.57 Å². The molecule has 0 bridgehead atoms. The molecule has 1 N–H and O–H groups in total. The summed E-state index contributed by atoms with van der Waals surface area (Å²) in [6, 6.07) is 18.3. The van der Waals surface area contributed by atoms with E-state index in [0.29, 0.717) is 27.0 Å². The van der Waals surface area contributed by atoms with Crippen LogP contribution in [0.1, 0.15) is 5.56 Å². The Balaban J connectivity index is 1.93. The van der Waals surface area contributed by atoms with Crippen LogP contribution in [0.25, 0.3) is 16.8 Å². The Kier molecular flexibility index (Phi) is 5.66. The minimum absolute atomic E-state index is 0.0692. The smallest absolute Gasteiger partial charge is 0.266 e. The second-order valence-electron chi connectivity index (χ2n) is 5.67. The molecule has 0 aromatic heterocycles. The van der Waals surface area contributed by atoms with E-state index >= 15 is 0 Å². The number of nitrogens with one attached hydrogen (secondary N) is 1. The largest absolute Gasteiger partial charge is 0.494 e. The molecule has 0 spiro atoms. The summed E-state index contributed by atoms with van der Waals surface area (Å²) in [5.41, 5.74) is 1.08. The fraction of sp³-hybridized carbons (Fsp3) is 0.0476. The molecule has 134 valence electrons. The van der Waals surface area contributed by atoms with E-state index in [9.17, 15) is 10.1 Å². The van der Waals surface area contributed by atoms with Gasteiger partial charge < -0.3 is 10.1 Å². The number of anilines is 1.